The number of rotatable bonds is 11. The molecule has 0 aliphatic heterocycles. The molecule has 0 unspecified atom stereocenters. The topological polar surface area (TPSA) is 123 Å². The van der Waals surface area contributed by atoms with Crippen molar-refractivity contribution in [3.63, 3.8) is 0 Å². The third-order valence-corrected chi connectivity index (χ3v) is 6.22. The van der Waals surface area contributed by atoms with Crippen molar-refractivity contribution in [2.24, 2.45) is 0 Å². The normalized spacial score (nSPS) is 10.8. The summed E-state index contributed by atoms with van der Waals surface area (Å²) in [5, 5.41) is 5.47. The lowest BCUT2D eigenvalue weighted by Crippen LogP contribution is -2.20. The molecule has 0 aliphatic carbocycles. The van der Waals surface area contributed by atoms with Gasteiger partial charge in [-0.1, -0.05) is 13.0 Å². The van der Waals surface area contributed by atoms with Gasteiger partial charge in [0, 0.05) is 28.7 Å². The average molecular weight is 498 g/mol. The highest BCUT2D eigenvalue weighted by Gasteiger charge is 2.10. The number of hydrogen-bond acceptors (Lipinski definition) is 6. The molecule has 35 heavy (non-hydrogen) atoms. The SMILES string of the molecule is CCCS(=O)(=O)Nc1ccc(NC(=O)c2ccc(OCC(=O)Nc3cccc(OC)c3)cc2)cc1. The number of nitrogens with one attached hydrogen (secondary N) is 3. The van der Waals surface area contributed by atoms with E-state index in [0.29, 0.717) is 40.5 Å². The molecule has 10 heteroatoms. The Balaban J connectivity index is 1.50. The van der Waals surface area contributed by atoms with E-state index in [1.54, 1.807) is 86.8 Å². The van der Waals surface area contributed by atoms with Crippen LogP contribution in [0.15, 0.2) is 72.8 Å². The lowest BCUT2D eigenvalue weighted by molar-refractivity contribution is -0.118. The van der Waals surface area contributed by atoms with Crippen molar-refractivity contribution in [2.45, 2.75) is 13.3 Å². The number of sulfonamides is 1. The largest absolute Gasteiger partial charge is 0.497 e. The summed E-state index contributed by atoms with van der Waals surface area (Å²) in [4.78, 5) is 24.6. The van der Waals surface area contributed by atoms with Crippen LogP contribution < -0.4 is 24.8 Å². The predicted octanol–water partition coefficient (Wildman–Crippen LogP) is 4.12. The second-order valence-electron chi connectivity index (χ2n) is 7.55. The second kappa shape index (κ2) is 11.9. The second-order valence-corrected chi connectivity index (χ2v) is 9.39. The van der Waals surface area contributed by atoms with Crippen LogP contribution in [0.4, 0.5) is 17.1 Å². The Morgan fingerprint density at radius 1 is 0.829 bits per heavy atom. The van der Waals surface area contributed by atoms with Gasteiger partial charge in [0.1, 0.15) is 11.5 Å². The van der Waals surface area contributed by atoms with E-state index in [0.717, 1.165) is 0 Å². The van der Waals surface area contributed by atoms with Crippen molar-refractivity contribution in [3.05, 3.63) is 78.4 Å². The third-order valence-electron chi connectivity index (χ3n) is 4.73. The zero-order valence-electron chi connectivity index (χ0n) is 19.4. The van der Waals surface area contributed by atoms with Gasteiger partial charge in [-0.25, -0.2) is 8.42 Å². The van der Waals surface area contributed by atoms with Gasteiger partial charge in [-0.15, -0.1) is 0 Å². The molecule has 184 valence electrons. The maximum Gasteiger partial charge on any atom is 0.262 e. The highest BCUT2D eigenvalue weighted by molar-refractivity contribution is 7.92. The van der Waals surface area contributed by atoms with Gasteiger partial charge in [0.15, 0.2) is 6.61 Å². The highest BCUT2D eigenvalue weighted by Crippen LogP contribution is 2.19. The van der Waals surface area contributed by atoms with Gasteiger partial charge in [-0.05, 0) is 67.1 Å². The first-order valence-corrected chi connectivity index (χ1v) is 12.5. The summed E-state index contributed by atoms with van der Waals surface area (Å²) in [6.07, 6.45) is 0.518. The molecular formula is C25H27N3O6S. The lowest BCUT2D eigenvalue weighted by atomic mass is 10.2. The van der Waals surface area contributed by atoms with Crippen LogP contribution in [0.25, 0.3) is 0 Å². The first-order valence-electron chi connectivity index (χ1n) is 10.9. The van der Waals surface area contributed by atoms with E-state index in [9.17, 15) is 18.0 Å². The monoisotopic (exact) mass is 497 g/mol. The van der Waals surface area contributed by atoms with E-state index in [-0.39, 0.29) is 24.2 Å². The first-order chi connectivity index (χ1) is 16.8. The van der Waals surface area contributed by atoms with Crippen molar-refractivity contribution in [3.8, 4) is 11.5 Å². The summed E-state index contributed by atoms with van der Waals surface area (Å²) in [5.41, 5.74) is 1.93. The summed E-state index contributed by atoms with van der Waals surface area (Å²) in [6, 6.07) is 19.7. The van der Waals surface area contributed by atoms with Crippen LogP contribution >= 0.6 is 0 Å². The Labute approximate surface area is 204 Å². The van der Waals surface area contributed by atoms with Crippen LogP contribution in [0.2, 0.25) is 0 Å². The van der Waals surface area contributed by atoms with E-state index in [4.69, 9.17) is 9.47 Å². The van der Waals surface area contributed by atoms with E-state index in [1.165, 1.54) is 0 Å². The van der Waals surface area contributed by atoms with E-state index in [1.807, 2.05) is 0 Å². The summed E-state index contributed by atoms with van der Waals surface area (Å²) in [5.74, 6) is 0.432. The molecule has 0 radical (unpaired) electrons. The Hall–Kier alpha value is -4.05. The molecular weight excluding hydrogens is 470 g/mol. The molecule has 3 aromatic rings. The molecule has 0 saturated carbocycles. The number of amides is 2. The lowest BCUT2D eigenvalue weighted by Gasteiger charge is -2.10. The molecule has 0 fully saturated rings. The maximum atomic E-state index is 12.5. The molecule has 0 spiro atoms. The highest BCUT2D eigenvalue weighted by atomic mass is 32.2. The van der Waals surface area contributed by atoms with E-state index < -0.39 is 10.0 Å². The standard InChI is InChI=1S/C25H27N3O6S/c1-3-15-35(31,32)28-20-11-9-19(10-12-20)27-25(30)18-7-13-22(14-8-18)34-17-24(29)26-21-5-4-6-23(16-21)33-2/h4-14,16,28H,3,15,17H2,1-2H3,(H,26,29)(H,27,30). The number of carbonyl (C=O) groups excluding carboxylic acids is 2. The maximum absolute atomic E-state index is 12.5. The van der Waals surface area contributed by atoms with Gasteiger partial charge in [0.2, 0.25) is 10.0 Å². The van der Waals surface area contributed by atoms with Crippen LogP contribution in [-0.2, 0) is 14.8 Å². The number of carbonyl (C=O) groups is 2. The smallest absolute Gasteiger partial charge is 0.262 e. The molecule has 3 N–H and O–H groups in total. The van der Waals surface area contributed by atoms with Gasteiger partial charge in [0.25, 0.3) is 11.8 Å². The Morgan fingerprint density at radius 2 is 1.51 bits per heavy atom. The zero-order chi connectivity index (χ0) is 25.3. The number of ether oxygens (including phenoxy) is 2. The van der Waals surface area contributed by atoms with Gasteiger partial charge in [-0.2, -0.15) is 0 Å². The van der Waals surface area contributed by atoms with Crippen molar-refractivity contribution in [2.75, 3.05) is 34.8 Å². The molecule has 3 rings (SSSR count). The molecule has 3 aromatic carbocycles. The molecule has 2 amide bonds. The Bertz CT molecular complexity index is 1260. The van der Waals surface area contributed by atoms with Crippen LogP contribution in [0.1, 0.15) is 23.7 Å². The number of benzene rings is 3. The molecule has 0 bridgehead atoms. The summed E-state index contributed by atoms with van der Waals surface area (Å²) < 4.78 is 36.8. The zero-order valence-corrected chi connectivity index (χ0v) is 20.2. The van der Waals surface area contributed by atoms with Crippen molar-refractivity contribution in [1.29, 1.82) is 0 Å². The van der Waals surface area contributed by atoms with Gasteiger partial charge < -0.3 is 20.1 Å². The average Bonchev–Trinajstić information content (AvgIpc) is 2.84. The minimum atomic E-state index is -3.38. The van der Waals surface area contributed by atoms with Crippen LogP contribution in [-0.4, -0.2) is 39.7 Å². The first kappa shape index (κ1) is 25.6. The predicted molar refractivity (Wildman–Crippen MR) is 136 cm³/mol. The molecule has 0 saturated heterocycles. The van der Waals surface area contributed by atoms with Gasteiger partial charge in [0.05, 0.1) is 12.9 Å². The molecule has 0 aliphatic rings. The van der Waals surface area contributed by atoms with Gasteiger partial charge in [-0.3, -0.25) is 14.3 Å². The van der Waals surface area contributed by atoms with Crippen molar-refractivity contribution in [1.82, 2.24) is 0 Å². The molecule has 0 heterocycles. The fourth-order valence-corrected chi connectivity index (χ4v) is 4.21. The third kappa shape index (κ3) is 8.04. The van der Waals surface area contributed by atoms with E-state index in [2.05, 4.69) is 15.4 Å². The van der Waals surface area contributed by atoms with Crippen LogP contribution in [0, 0.1) is 0 Å². The molecule has 0 aromatic heterocycles. The van der Waals surface area contributed by atoms with Crippen molar-refractivity contribution < 1.29 is 27.5 Å². The fourth-order valence-electron chi connectivity index (χ4n) is 3.07. The summed E-state index contributed by atoms with van der Waals surface area (Å²) in [6.45, 7) is 1.59. The van der Waals surface area contributed by atoms with E-state index >= 15 is 0 Å². The van der Waals surface area contributed by atoms with Crippen LogP contribution in [0.5, 0.6) is 11.5 Å². The quantitative estimate of drug-likeness (QED) is 0.366. The Kier molecular flexibility index (Phi) is 8.69. The van der Waals surface area contributed by atoms with Gasteiger partial charge >= 0.3 is 0 Å². The summed E-state index contributed by atoms with van der Waals surface area (Å²) in [7, 11) is -1.83. The van der Waals surface area contributed by atoms with Crippen LogP contribution in [0.3, 0.4) is 0 Å². The number of methoxy groups -OCH3 is 1. The molecule has 0 atom stereocenters. The summed E-state index contributed by atoms with van der Waals surface area (Å²) >= 11 is 0. The minimum Gasteiger partial charge on any atom is -0.497 e. The fraction of sp³-hybridized carbons (Fsp3) is 0.200. The minimum absolute atomic E-state index is 0.0398. The Morgan fingerprint density at radius 3 is 2.17 bits per heavy atom. The van der Waals surface area contributed by atoms with Crippen molar-refractivity contribution >= 4 is 38.9 Å². The number of anilines is 3. The number of hydrogen-bond donors (Lipinski definition) is 3. The molecule has 9 nitrogen and oxygen atoms in total.